The van der Waals surface area contributed by atoms with E-state index in [0.29, 0.717) is 12.6 Å². The van der Waals surface area contributed by atoms with Crippen molar-refractivity contribution in [3.8, 4) is 0 Å². The van der Waals surface area contributed by atoms with Gasteiger partial charge >= 0.3 is 0 Å². The Morgan fingerprint density at radius 2 is 2.14 bits per heavy atom. The fourth-order valence-electron chi connectivity index (χ4n) is 3.79. The van der Waals surface area contributed by atoms with Gasteiger partial charge < -0.3 is 15.7 Å². The molecule has 2 aliphatic rings. The third kappa shape index (κ3) is 3.96. The summed E-state index contributed by atoms with van der Waals surface area (Å²) < 4.78 is 0. The monoisotopic (exact) mass is 297 g/mol. The second-order valence-corrected chi connectivity index (χ2v) is 7.28. The van der Waals surface area contributed by atoms with Crippen LogP contribution in [0.5, 0.6) is 0 Å². The van der Waals surface area contributed by atoms with Crippen molar-refractivity contribution in [2.75, 3.05) is 26.2 Å². The number of hydrogen-bond acceptors (Lipinski definition) is 4. The SMILES string of the molecule is CC(O)CN1CCN(C(=O)C2CCCCC2(C)N)CC1C. The van der Waals surface area contributed by atoms with Crippen LogP contribution in [0.15, 0.2) is 0 Å². The fraction of sp³-hybridized carbons (Fsp3) is 0.938. The van der Waals surface area contributed by atoms with Crippen LogP contribution in [0.2, 0.25) is 0 Å². The molecule has 21 heavy (non-hydrogen) atoms. The number of piperazine rings is 1. The van der Waals surface area contributed by atoms with Crippen molar-refractivity contribution in [2.45, 2.75) is 64.1 Å². The highest BCUT2D eigenvalue weighted by atomic mass is 16.3. The summed E-state index contributed by atoms with van der Waals surface area (Å²) in [5.74, 6) is 0.213. The molecule has 0 spiro atoms. The van der Waals surface area contributed by atoms with E-state index in [2.05, 4.69) is 11.8 Å². The van der Waals surface area contributed by atoms with Crippen molar-refractivity contribution in [3.63, 3.8) is 0 Å². The summed E-state index contributed by atoms with van der Waals surface area (Å²) in [5, 5.41) is 9.53. The molecular formula is C16H31N3O2. The van der Waals surface area contributed by atoms with E-state index < -0.39 is 0 Å². The first kappa shape index (κ1) is 16.7. The number of carbonyl (C=O) groups excluding carboxylic acids is 1. The van der Waals surface area contributed by atoms with Gasteiger partial charge in [-0.3, -0.25) is 9.69 Å². The summed E-state index contributed by atoms with van der Waals surface area (Å²) in [6.07, 6.45) is 3.80. The molecule has 1 saturated carbocycles. The van der Waals surface area contributed by atoms with Crippen molar-refractivity contribution < 1.29 is 9.90 Å². The molecule has 1 amide bonds. The summed E-state index contributed by atoms with van der Waals surface area (Å²) in [7, 11) is 0. The van der Waals surface area contributed by atoms with Crippen LogP contribution >= 0.6 is 0 Å². The quantitative estimate of drug-likeness (QED) is 0.809. The third-order valence-corrected chi connectivity index (χ3v) is 5.13. The average molecular weight is 297 g/mol. The Bertz CT molecular complexity index is 371. The zero-order valence-corrected chi connectivity index (χ0v) is 13.7. The highest BCUT2D eigenvalue weighted by Crippen LogP contribution is 2.33. The number of amides is 1. The van der Waals surface area contributed by atoms with Crippen LogP contribution in [-0.2, 0) is 4.79 Å². The first-order valence-corrected chi connectivity index (χ1v) is 8.31. The molecular weight excluding hydrogens is 266 g/mol. The second-order valence-electron chi connectivity index (χ2n) is 7.28. The Kier molecular flexibility index (Phi) is 5.28. The van der Waals surface area contributed by atoms with Gasteiger partial charge in [0.2, 0.25) is 5.91 Å². The van der Waals surface area contributed by atoms with Gasteiger partial charge in [0.1, 0.15) is 0 Å². The highest BCUT2D eigenvalue weighted by molar-refractivity contribution is 5.80. The fourth-order valence-corrected chi connectivity index (χ4v) is 3.79. The van der Waals surface area contributed by atoms with Crippen molar-refractivity contribution in [1.29, 1.82) is 0 Å². The van der Waals surface area contributed by atoms with Crippen LogP contribution in [0.25, 0.3) is 0 Å². The van der Waals surface area contributed by atoms with Gasteiger partial charge in [0, 0.05) is 37.8 Å². The third-order valence-electron chi connectivity index (χ3n) is 5.13. The molecule has 1 aliphatic heterocycles. The molecule has 0 aromatic heterocycles. The van der Waals surface area contributed by atoms with E-state index in [1.54, 1.807) is 0 Å². The van der Waals surface area contributed by atoms with E-state index in [1.165, 1.54) is 0 Å². The average Bonchev–Trinajstić information content (AvgIpc) is 2.39. The first-order valence-electron chi connectivity index (χ1n) is 8.31. The summed E-state index contributed by atoms with van der Waals surface area (Å²) in [6.45, 7) is 8.99. The highest BCUT2D eigenvalue weighted by Gasteiger charge is 2.41. The Morgan fingerprint density at radius 1 is 1.43 bits per heavy atom. The Hall–Kier alpha value is -0.650. The van der Waals surface area contributed by atoms with E-state index in [9.17, 15) is 9.90 Å². The number of aliphatic hydroxyl groups is 1. The summed E-state index contributed by atoms with van der Waals surface area (Å²) in [5.41, 5.74) is 6.01. The number of nitrogens with zero attached hydrogens (tertiary/aromatic N) is 2. The maximum atomic E-state index is 12.8. The van der Waals surface area contributed by atoms with E-state index in [-0.39, 0.29) is 23.5 Å². The molecule has 5 nitrogen and oxygen atoms in total. The second kappa shape index (κ2) is 6.63. The van der Waals surface area contributed by atoms with Gasteiger partial charge in [-0.2, -0.15) is 0 Å². The molecule has 4 atom stereocenters. The number of rotatable bonds is 3. The van der Waals surface area contributed by atoms with E-state index in [0.717, 1.165) is 45.3 Å². The predicted octanol–water partition coefficient (Wildman–Crippen LogP) is 0.808. The van der Waals surface area contributed by atoms with Crippen molar-refractivity contribution >= 4 is 5.91 Å². The minimum atomic E-state index is -0.352. The predicted molar refractivity (Wildman–Crippen MR) is 83.8 cm³/mol. The van der Waals surface area contributed by atoms with Crippen molar-refractivity contribution in [2.24, 2.45) is 11.7 Å². The molecule has 0 aromatic carbocycles. The maximum absolute atomic E-state index is 12.8. The molecule has 5 heteroatoms. The zero-order valence-electron chi connectivity index (χ0n) is 13.7. The summed E-state index contributed by atoms with van der Waals surface area (Å²) >= 11 is 0. The molecule has 1 saturated heterocycles. The normalized spacial score (nSPS) is 36.5. The largest absolute Gasteiger partial charge is 0.392 e. The molecule has 3 N–H and O–H groups in total. The Morgan fingerprint density at radius 3 is 2.71 bits per heavy atom. The van der Waals surface area contributed by atoms with Gasteiger partial charge in [-0.15, -0.1) is 0 Å². The molecule has 4 unspecified atom stereocenters. The lowest BCUT2D eigenvalue weighted by Crippen LogP contribution is -2.59. The van der Waals surface area contributed by atoms with Crippen LogP contribution in [0.4, 0.5) is 0 Å². The van der Waals surface area contributed by atoms with Crippen LogP contribution in [-0.4, -0.2) is 64.7 Å². The molecule has 122 valence electrons. The van der Waals surface area contributed by atoms with Gasteiger partial charge in [-0.1, -0.05) is 12.8 Å². The Labute approximate surface area is 128 Å². The lowest BCUT2D eigenvalue weighted by molar-refractivity contribution is -0.142. The first-order chi connectivity index (χ1) is 9.81. The van der Waals surface area contributed by atoms with Crippen LogP contribution < -0.4 is 5.73 Å². The van der Waals surface area contributed by atoms with Crippen LogP contribution in [0.3, 0.4) is 0 Å². The number of nitrogens with two attached hydrogens (primary N) is 1. The summed E-state index contributed by atoms with van der Waals surface area (Å²) in [6, 6.07) is 0.296. The van der Waals surface area contributed by atoms with Gasteiger partial charge in [0.05, 0.1) is 12.0 Å². The van der Waals surface area contributed by atoms with Gasteiger partial charge in [0.15, 0.2) is 0 Å². The minimum Gasteiger partial charge on any atom is -0.392 e. The van der Waals surface area contributed by atoms with Crippen molar-refractivity contribution in [1.82, 2.24) is 9.80 Å². The smallest absolute Gasteiger partial charge is 0.227 e. The standard InChI is InChI=1S/C16H31N3O2/c1-12-10-19(9-8-18(12)11-13(2)20)15(21)14-6-4-5-7-16(14,3)17/h12-14,20H,4-11,17H2,1-3H3. The number of carbonyl (C=O) groups is 1. The molecule has 0 aromatic rings. The number of hydrogen-bond donors (Lipinski definition) is 2. The summed E-state index contributed by atoms with van der Waals surface area (Å²) in [4.78, 5) is 17.1. The maximum Gasteiger partial charge on any atom is 0.227 e. The topological polar surface area (TPSA) is 69.8 Å². The van der Waals surface area contributed by atoms with E-state index in [4.69, 9.17) is 5.73 Å². The van der Waals surface area contributed by atoms with Crippen molar-refractivity contribution in [3.05, 3.63) is 0 Å². The zero-order chi connectivity index (χ0) is 15.6. The van der Waals surface area contributed by atoms with Gasteiger partial charge in [-0.25, -0.2) is 0 Å². The van der Waals surface area contributed by atoms with E-state index in [1.807, 2.05) is 18.7 Å². The molecule has 2 fully saturated rings. The molecule has 0 bridgehead atoms. The number of aliphatic hydroxyl groups excluding tert-OH is 1. The minimum absolute atomic E-state index is 0.0261. The molecule has 0 radical (unpaired) electrons. The molecule has 2 rings (SSSR count). The van der Waals surface area contributed by atoms with Crippen LogP contribution in [0, 0.1) is 5.92 Å². The number of β-amino-alcohol motifs (C(OH)–C–C–N with tert-alkyl or cyclic N) is 1. The Balaban J connectivity index is 1.95. The lowest BCUT2D eigenvalue weighted by Gasteiger charge is -2.44. The van der Waals surface area contributed by atoms with E-state index >= 15 is 0 Å². The molecule has 1 heterocycles. The van der Waals surface area contributed by atoms with Crippen LogP contribution in [0.1, 0.15) is 46.5 Å². The lowest BCUT2D eigenvalue weighted by atomic mass is 9.74. The van der Waals surface area contributed by atoms with Gasteiger partial charge in [-0.05, 0) is 33.6 Å². The molecule has 1 aliphatic carbocycles. The van der Waals surface area contributed by atoms with Gasteiger partial charge in [0.25, 0.3) is 0 Å².